The minimum atomic E-state index is 0.123. The molecule has 0 radical (unpaired) electrons. The molecule has 2 nitrogen and oxygen atoms in total. The molecule has 1 aromatic heterocycles. The number of hydrogen-bond donors (Lipinski definition) is 1. The van der Waals surface area contributed by atoms with Gasteiger partial charge < -0.3 is 5.32 Å². The van der Waals surface area contributed by atoms with E-state index in [9.17, 15) is 4.79 Å². The zero-order chi connectivity index (χ0) is 13.2. The number of thiophene rings is 1. The van der Waals surface area contributed by atoms with Crippen molar-refractivity contribution in [3.8, 4) is 0 Å². The first kappa shape index (κ1) is 13.4. The van der Waals surface area contributed by atoms with Gasteiger partial charge in [0, 0.05) is 16.3 Å². The summed E-state index contributed by atoms with van der Waals surface area (Å²) in [5.41, 5.74) is 1.41. The van der Waals surface area contributed by atoms with Crippen LogP contribution in [0.25, 0.3) is 0 Å². The molecule has 1 heterocycles. The van der Waals surface area contributed by atoms with E-state index in [0.717, 1.165) is 43.4 Å². The largest absolute Gasteiger partial charge is 0.349 e. The highest BCUT2D eigenvalue weighted by molar-refractivity contribution is 7.14. The lowest BCUT2D eigenvalue weighted by Crippen LogP contribution is -2.37. The first-order valence-corrected chi connectivity index (χ1v) is 8.54. The van der Waals surface area contributed by atoms with E-state index in [2.05, 4.69) is 11.4 Å². The number of carbonyl (C=O) groups is 1. The minimum Gasteiger partial charge on any atom is -0.349 e. The molecule has 3 rings (SSSR count). The molecule has 1 saturated carbocycles. The molecule has 0 saturated heterocycles. The van der Waals surface area contributed by atoms with E-state index < -0.39 is 0 Å². The smallest absolute Gasteiger partial charge is 0.261 e. The first-order valence-electron chi connectivity index (χ1n) is 7.29. The second kappa shape index (κ2) is 5.84. The molecule has 1 N–H and O–H groups in total. The van der Waals surface area contributed by atoms with Crippen LogP contribution in [0.5, 0.6) is 0 Å². The second-order valence-corrected chi connectivity index (χ2v) is 7.44. The molecule has 2 aliphatic rings. The molecule has 2 aliphatic carbocycles. The van der Waals surface area contributed by atoms with Crippen LogP contribution in [-0.4, -0.2) is 17.3 Å². The van der Waals surface area contributed by atoms with Crippen LogP contribution < -0.4 is 5.32 Å². The van der Waals surface area contributed by atoms with Crippen molar-refractivity contribution >= 4 is 28.8 Å². The zero-order valence-electron chi connectivity index (χ0n) is 11.1. The van der Waals surface area contributed by atoms with Crippen molar-refractivity contribution in [1.82, 2.24) is 5.32 Å². The molecule has 0 atom stereocenters. The lowest BCUT2D eigenvalue weighted by Gasteiger charge is -2.25. The summed E-state index contributed by atoms with van der Waals surface area (Å²) >= 11 is 7.79. The lowest BCUT2D eigenvalue weighted by atomic mass is 9.95. The van der Waals surface area contributed by atoms with Gasteiger partial charge in [-0.1, -0.05) is 0 Å². The van der Waals surface area contributed by atoms with Crippen molar-refractivity contribution < 1.29 is 4.79 Å². The molecular weight excluding hydrogens is 278 g/mol. The molecule has 19 heavy (non-hydrogen) atoms. The lowest BCUT2D eigenvalue weighted by molar-refractivity contribution is 0.0932. The Morgan fingerprint density at radius 2 is 1.95 bits per heavy atom. The average molecular weight is 298 g/mol. The van der Waals surface area contributed by atoms with Crippen LogP contribution in [0.1, 0.15) is 58.6 Å². The molecule has 0 spiro atoms. The Labute approximate surface area is 123 Å². The molecule has 1 amide bonds. The van der Waals surface area contributed by atoms with Crippen LogP contribution >= 0.6 is 22.9 Å². The third kappa shape index (κ3) is 3.14. The van der Waals surface area contributed by atoms with Crippen LogP contribution in [0.2, 0.25) is 0 Å². The summed E-state index contributed by atoms with van der Waals surface area (Å²) in [5, 5.41) is 3.49. The van der Waals surface area contributed by atoms with E-state index >= 15 is 0 Å². The number of fused-ring (bicyclic) bond motifs is 1. The first-order chi connectivity index (χ1) is 9.22. The van der Waals surface area contributed by atoms with Gasteiger partial charge in [-0.2, -0.15) is 0 Å². The zero-order valence-corrected chi connectivity index (χ0v) is 12.7. The van der Waals surface area contributed by atoms with Gasteiger partial charge in [0.2, 0.25) is 0 Å². The Bertz CT molecular complexity index is 439. The Morgan fingerprint density at radius 1 is 1.21 bits per heavy atom. The summed E-state index contributed by atoms with van der Waals surface area (Å²) in [7, 11) is 0. The summed E-state index contributed by atoms with van der Waals surface area (Å²) in [6, 6.07) is 2.43. The number of nitrogens with one attached hydrogen (secondary N) is 1. The Balaban J connectivity index is 1.62. The summed E-state index contributed by atoms with van der Waals surface area (Å²) in [4.78, 5) is 14.6. The van der Waals surface area contributed by atoms with Gasteiger partial charge in [-0.05, 0) is 63.0 Å². The molecule has 0 bridgehead atoms. The standard InChI is InChI=1S/C15H20ClNOS/c16-11-5-7-12(8-6-11)17-15(18)14-9-10-3-1-2-4-13(10)19-14/h9,11-12H,1-8H2,(H,17,18). The van der Waals surface area contributed by atoms with E-state index in [0.29, 0.717) is 11.4 Å². The van der Waals surface area contributed by atoms with Gasteiger partial charge in [0.1, 0.15) is 0 Å². The summed E-state index contributed by atoms with van der Waals surface area (Å²) in [5.74, 6) is 0.123. The van der Waals surface area contributed by atoms with Crippen LogP contribution in [0.4, 0.5) is 0 Å². The highest BCUT2D eigenvalue weighted by Crippen LogP contribution is 2.30. The molecule has 4 heteroatoms. The predicted molar refractivity (Wildman–Crippen MR) is 80.3 cm³/mol. The van der Waals surface area contributed by atoms with Gasteiger partial charge in [-0.3, -0.25) is 4.79 Å². The van der Waals surface area contributed by atoms with Crippen molar-refractivity contribution in [2.24, 2.45) is 0 Å². The van der Waals surface area contributed by atoms with E-state index in [4.69, 9.17) is 11.6 Å². The molecule has 104 valence electrons. The van der Waals surface area contributed by atoms with Gasteiger partial charge in [-0.15, -0.1) is 22.9 Å². The number of hydrogen-bond acceptors (Lipinski definition) is 2. The normalized spacial score (nSPS) is 26.8. The van der Waals surface area contributed by atoms with Gasteiger partial charge in [0.15, 0.2) is 0 Å². The Hall–Kier alpha value is -0.540. The van der Waals surface area contributed by atoms with Crippen molar-refractivity contribution in [2.45, 2.75) is 62.8 Å². The van der Waals surface area contributed by atoms with E-state index in [1.807, 2.05) is 0 Å². The summed E-state index contributed by atoms with van der Waals surface area (Å²) < 4.78 is 0. The van der Waals surface area contributed by atoms with Crippen molar-refractivity contribution in [3.05, 3.63) is 21.4 Å². The van der Waals surface area contributed by atoms with Crippen molar-refractivity contribution in [1.29, 1.82) is 0 Å². The van der Waals surface area contributed by atoms with E-state index in [-0.39, 0.29) is 5.91 Å². The van der Waals surface area contributed by atoms with Gasteiger partial charge in [0.05, 0.1) is 4.88 Å². The summed E-state index contributed by atoms with van der Waals surface area (Å²) in [6.45, 7) is 0. The number of rotatable bonds is 2. The number of carbonyl (C=O) groups excluding carboxylic acids is 1. The third-order valence-electron chi connectivity index (χ3n) is 4.21. The topological polar surface area (TPSA) is 29.1 Å². The number of aryl methyl sites for hydroxylation is 2. The molecule has 0 aromatic carbocycles. The maximum Gasteiger partial charge on any atom is 0.261 e. The van der Waals surface area contributed by atoms with Crippen molar-refractivity contribution in [3.63, 3.8) is 0 Å². The predicted octanol–water partition coefficient (Wildman–Crippen LogP) is 3.91. The SMILES string of the molecule is O=C(NC1CCC(Cl)CC1)c1cc2c(s1)CCCC2. The Kier molecular flexibility index (Phi) is 4.13. The van der Waals surface area contributed by atoms with Gasteiger partial charge in [-0.25, -0.2) is 0 Å². The summed E-state index contributed by atoms with van der Waals surface area (Å²) in [6.07, 6.45) is 8.93. The quantitative estimate of drug-likeness (QED) is 0.824. The van der Waals surface area contributed by atoms with Crippen LogP contribution in [0.15, 0.2) is 6.07 Å². The molecule has 0 unspecified atom stereocenters. The maximum absolute atomic E-state index is 12.3. The molecule has 1 fully saturated rings. The number of halogens is 1. The maximum atomic E-state index is 12.3. The third-order valence-corrected chi connectivity index (χ3v) is 5.88. The monoisotopic (exact) mass is 297 g/mol. The highest BCUT2D eigenvalue weighted by atomic mass is 35.5. The second-order valence-electron chi connectivity index (χ2n) is 5.69. The average Bonchev–Trinajstić information content (AvgIpc) is 2.85. The Morgan fingerprint density at radius 3 is 2.68 bits per heavy atom. The van der Waals surface area contributed by atoms with Crippen LogP contribution in [0, 0.1) is 0 Å². The molecule has 1 aromatic rings. The fourth-order valence-electron chi connectivity index (χ4n) is 3.06. The van der Waals surface area contributed by atoms with E-state index in [1.54, 1.807) is 11.3 Å². The van der Waals surface area contributed by atoms with Gasteiger partial charge in [0.25, 0.3) is 5.91 Å². The number of amides is 1. The van der Waals surface area contributed by atoms with Gasteiger partial charge >= 0.3 is 0 Å². The van der Waals surface area contributed by atoms with E-state index in [1.165, 1.54) is 23.3 Å². The fourth-order valence-corrected chi connectivity index (χ4v) is 4.46. The minimum absolute atomic E-state index is 0.123. The highest BCUT2D eigenvalue weighted by Gasteiger charge is 2.23. The molecule has 0 aliphatic heterocycles. The van der Waals surface area contributed by atoms with Crippen molar-refractivity contribution in [2.75, 3.05) is 0 Å². The fraction of sp³-hybridized carbons (Fsp3) is 0.667. The molecular formula is C15H20ClNOS. The number of alkyl halides is 1. The van der Waals surface area contributed by atoms with Crippen LogP contribution in [0.3, 0.4) is 0 Å². The van der Waals surface area contributed by atoms with Crippen LogP contribution in [-0.2, 0) is 12.8 Å².